The summed E-state index contributed by atoms with van der Waals surface area (Å²) in [6.45, 7) is 3.34. The van der Waals surface area contributed by atoms with E-state index in [0.717, 1.165) is 89.9 Å². The number of hydrogen-bond donors (Lipinski definition) is 4. The van der Waals surface area contributed by atoms with Crippen LogP contribution in [0.25, 0.3) is 0 Å². The van der Waals surface area contributed by atoms with E-state index in [1.54, 1.807) is 0 Å². The summed E-state index contributed by atoms with van der Waals surface area (Å²) in [6.07, 6.45) is 37.4. The summed E-state index contributed by atoms with van der Waals surface area (Å²) in [5.41, 5.74) is 0. The first-order chi connectivity index (χ1) is 23.8. The number of carboxylic acid groups (broad SMARTS) is 1. The number of allylic oxidation sites excluding steroid dienone is 6. The number of esters is 1. The van der Waals surface area contributed by atoms with Crippen molar-refractivity contribution < 1.29 is 34.1 Å². The van der Waals surface area contributed by atoms with Crippen molar-refractivity contribution in [1.29, 1.82) is 0 Å². The number of aliphatic hydroxyl groups is 1. The highest BCUT2D eigenvalue weighted by atomic mass is 16.5. The Hall–Kier alpha value is -2.94. The van der Waals surface area contributed by atoms with Crippen LogP contribution in [0.4, 0.5) is 0 Å². The van der Waals surface area contributed by atoms with Gasteiger partial charge < -0.3 is 25.6 Å². The third-order valence-electron chi connectivity index (χ3n) is 8.40. The molecule has 2 unspecified atom stereocenters. The topological polar surface area (TPSA) is 142 Å². The molecular formula is C40H70N2O7. The van der Waals surface area contributed by atoms with Crippen molar-refractivity contribution in [2.45, 2.75) is 180 Å². The van der Waals surface area contributed by atoms with Gasteiger partial charge in [-0.1, -0.05) is 121 Å². The molecule has 2 atom stereocenters. The Morgan fingerprint density at radius 2 is 1.16 bits per heavy atom. The highest BCUT2D eigenvalue weighted by Crippen LogP contribution is 2.18. The van der Waals surface area contributed by atoms with E-state index in [2.05, 4.69) is 60.9 Å². The minimum atomic E-state index is -1.38. The van der Waals surface area contributed by atoms with Gasteiger partial charge in [-0.05, 0) is 70.6 Å². The Morgan fingerprint density at radius 1 is 0.633 bits per heavy atom. The Labute approximate surface area is 297 Å². The molecule has 0 heterocycles. The number of amides is 2. The molecule has 2 amide bonds. The average molecular weight is 691 g/mol. The van der Waals surface area contributed by atoms with Gasteiger partial charge in [-0.15, -0.1) is 0 Å². The molecule has 0 aromatic rings. The van der Waals surface area contributed by atoms with Crippen molar-refractivity contribution in [3.63, 3.8) is 0 Å². The number of carbonyl (C=O) groups is 4. The first kappa shape index (κ1) is 46.1. The summed E-state index contributed by atoms with van der Waals surface area (Å²) in [5.74, 6) is -2.33. The van der Waals surface area contributed by atoms with Crippen molar-refractivity contribution in [2.75, 3.05) is 13.2 Å². The third-order valence-corrected chi connectivity index (χ3v) is 8.40. The van der Waals surface area contributed by atoms with Gasteiger partial charge in [0, 0.05) is 12.8 Å². The van der Waals surface area contributed by atoms with E-state index in [1.807, 2.05) is 0 Å². The molecule has 0 fully saturated rings. The van der Waals surface area contributed by atoms with E-state index in [9.17, 15) is 19.2 Å². The van der Waals surface area contributed by atoms with Crippen LogP contribution in [0.1, 0.15) is 168 Å². The number of rotatable bonds is 34. The van der Waals surface area contributed by atoms with Crippen LogP contribution >= 0.6 is 0 Å². The second kappa shape index (κ2) is 34.9. The molecule has 0 saturated heterocycles. The zero-order valence-electron chi connectivity index (χ0n) is 30.9. The van der Waals surface area contributed by atoms with Gasteiger partial charge in [-0.25, -0.2) is 4.79 Å². The number of aliphatic carboxylic acids is 1. The van der Waals surface area contributed by atoms with Gasteiger partial charge in [0.2, 0.25) is 11.8 Å². The maximum atomic E-state index is 12.7. The standard InChI is InChI=1S/C40H70N2O7/c1-3-5-7-9-11-13-14-15-16-17-19-24-28-32-39(46)49-35(29-25-21-18-12-10-8-6-4-2)30-26-22-20-23-27-31-37(44)41-33-38(45)42-36(34-43)40(47)48/h5,7,11,13,15-16,35-36,43H,3-4,6,8-10,12,14,17-34H2,1-2H3,(H,41,44)(H,42,45)(H,47,48)/b7-5-,13-11-,16-15-. The smallest absolute Gasteiger partial charge is 0.328 e. The number of hydrogen-bond acceptors (Lipinski definition) is 6. The van der Waals surface area contributed by atoms with Crippen molar-refractivity contribution in [3.05, 3.63) is 36.5 Å². The maximum absolute atomic E-state index is 12.7. The third kappa shape index (κ3) is 32.0. The highest BCUT2D eigenvalue weighted by molar-refractivity contribution is 5.87. The van der Waals surface area contributed by atoms with Gasteiger partial charge in [0.25, 0.3) is 0 Å². The van der Waals surface area contributed by atoms with Gasteiger partial charge in [-0.3, -0.25) is 14.4 Å². The molecule has 282 valence electrons. The lowest BCUT2D eigenvalue weighted by molar-refractivity contribution is -0.150. The van der Waals surface area contributed by atoms with Crippen molar-refractivity contribution in [2.24, 2.45) is 0 Å². The maximum Gasteiger partial charge on any atom is 0.328 e. The fourth-order valence-corrected chi connectivity index (χ4v) is 5.43. The van der Waals surface area contributed by atoms with E-state index in [4.69, 9.17) is 14.9 Å². The summed E-state index contributed by atoms with van der Waals surface area (Å²) in [7, 11) is 0. The van der Waals surface area contributed by atoms with Crippen LogP contribution in [0, 0.1) is 0 Å². The van der Waals surface area contributed by atoms with Crippen molar-refractivity contribution in [1.82, 2.24) is 10.6 Å². The van der Waals surface area contributed by atoms with E-state index in [-0.39, 0.29) is 24.5 Å². The number of ether oxygens (including phenoxy) is 1. The van der Waals surface area contributed by atoms with Crippen molar-refractivity contribution in [3.8, 4) is 0 Å². The highest BCUT2D eigenvalue weighted by Gasteiger charge is 2.19. The molecular weight excluding hydrogens is 620 g/mol. The zero-order valence-corrected chi connectivity index (χ0v) is 30.9. The summed E-state index contributed by atoms with van der Waals surface area (Å²) < 4.78 is 5.97. The van der Waals surface area contributed by atoms with E-state index >= 15 is 0 Å². The average Bonchev–Trinajstić information content (AvgIpc) is 3.08. The predicted octanol–water partition coefficient (Wildman–Crippen LogP) is 8.65. The van der Waals surface area contributed by atoms with Crippen LogP contribution in [0.5, 0.6) is 0 Å². The number of carboxylic acids is 1. The van der Waals surface area contributed by atoms with Gasteiger partial charge in [0.05, 0.1) is 13.2 Å². The minimum Gasteiger partial charge on any atom is -0.480 e. The van der Waals surface area contributed by atoms with Crippen LogP contribution < -0.4 is 10.6 Å². The number of carbonyl (C=O) groups excluding carboxylic acids is 3. The zero-order chi connectivity index (χ0) is 36.2. The van der Waals surface area contributed by atoms with Crippen molar-refractivity contribution >= 4 is 23.8 Å². The van der Waals surface area contributed by atoms with Gasteiger partial charge in [0.1, 0.15) is 12.1 Å². The fraction of sp³-hybridized carbons (Fsp3) is 0.750. The van der Waals surface area contributed by atoms with Gasteiger partial charge in [0.15, 0.2) is 0 Å². The SMILES string of the molecule is CC/C=C\C/C=C\C/C=C\CCCCCC(=O)OC(CCCCCCCCCC)CCCCCCCC(=O)NCC(=O)NC(CO)C(=O)O. The molecule has 0 saturated carbocycles. The van der Waals surface area contributed by atoms with Crippen LogP contribution in [0.15, 0.2) is 36.5 Å². The molecule has 0 aliphatic heterocycles. The number of nitrogens with one attached hydrogen (secondary N) is 2. The Balaban J connectivity index is 4.29. The van der Waals surface area contributed by atoms with Crippen LogP contribution in [-0.2, 0) is 23.9 Å². The molecule has 0 bridgehead atoms. The van der Waals surface area contributed by atoms with Gasteiger partial charge >= 0.3 is 11.9 Å². The lowest BCUT2D eigenvalue weighted by Gasteiger charge is -2.18. The minimum absolute atomic E-state index is 0.0236. The van der Waals surface area contributed by atoms with Crippen LogP contribution in [0.3, 0.4) is 0 Å². The molecule has 0 aliphatic carbocycles. The largest absolute Gasteiger partial charge is 0.480 e. The second-order valence-corrected chi connectivity index (χ2v) is 13.0. The second-order valence-electron chi connectivity index (χ2n) is 13.0. The van der Waals surface area contributed by atoms with E-state index in [0.29, 0.717) is 19.3 Å². The molecule has 0 aliphatic rings. The van der Waals surface area contributed by atoms with Crippen LogP contribution in [0.2, 0.25) is 0 Å². The first-order valence-electron chi connectivity index (χ1n) is 19.4. The lowest BCUT2D eigenvalue weighted by Crippen LogP contribution is -2.47. The molecule has 0 spiro atoms. The first-order valence-corrected chi connectivity index (χ1v) is 19.4. The van der Waals surface area contributed by atoms with Gasteiger partial charge in [-0.2, -0.15) is 0 Å². The Kier molecular flexibility index (Phi) is 32.8. The molecule has 0 aromatic heterocycles. The number of aliphatic hydroxyl groups excluding tert-OH is 1. The van der Waals surface area contributed by atoms with E-state index in [1.165, 1.54) is 44.9 Å². The summed E-state index contributed by atoms with van der Waals surface area (Å²) in [6, 6.07) is -1.38. The molecule has 9 nitrogen and oxygen atoms in total. The fourth-order valence-electron chi connectivity index (χ4n) is 5.43. The molecule has 0 rings (SSSR count). The monoisotopic (exact) mass is 691 g/mol. The lowest BCUT2D eigenvalue weighted by atomic mass is 10.0. The Bertz CT molecular complexity index is 932. The predicted molar refractivity (Wildman–Crippen MR) is 199 cm³/mol. The quantitative estimate of drug-likeness (QED) is 0.0301. The Morgan fingerprint density at radius 3 is 1.76 bits per heavy atom. The normalized spacial score (nSPS) is 12.9. The van der Waals surface area contributed by atoms with Crippen LogP contribution in [-0.4, -0.2) is 59.3 Å². The molecule has 4 N–H and O–H groups in total. The molecule has 0 radical (unpaired) electrons. The summed E-state index contributed by atoms with van der Waals surface area (Å²) >= 11 is 0. The molecule has 0 aromatic carbocycles. The summed E-state index contributed by atoms with van der Waals surface area (Å²) in [4.78, 5) is 47.3. The molecule has 49 heavy (non-hydrogen) atoms. The number of unbranched alkanes of at least 4 members (excludes halogenated alkanes) is 14. The summed E-state index contributed by atoms with van der Waals surface area (Å²) in [5, 5.41) is 22.5. The molecule has 9 heteroatoms. The van der Waals surface area contributed by atoms with E-state index < -0.39 is 24.5 Å².